The highest BCUT2D eigenvalue weighted by Gasteiger charge is 2.27. The first-order valence-electron chi connectivity index (χ1n) is 5.75. The summed E-state index contributed by atoms with van der Waals surface area (Å²) in [6.07, 6.45) is 2.23. The Morgan fingerprint density at radius 2 is 2.24 bits per heavy atom. The summed E-state index contributed by atoms with van der Waals surface area (Å²) in [6.45, 7) is 2.32. The van der Waals surface area contributed by atoms with Crippen molar-refractivity contribution < 1.29 is 14.3 Å². The van der Waals surface area contributed by atoms with Crippen molar-refractivity contribution in [2.24, 2.45) is 0 Å². The summed E-state index contributed by atoms with van der Waals surface area (Å²) in [6, 6.07) is 0.486. The fraction of sp³-hybridized carbons (Fsp3) is 0.545. The predicted molar refractivity (Wildman–Crippen MR) is 59.6 cm³/mol. The van der Waals surface area contributed by atoms with Gasteiger partial charge in [-0.3, -0.25) is 14.2 Å². The molecule has 0 amide bonds. The molecule has 2 aliphatic heterocycles. The lowest BCUT2D eigenvalue weighted by Gasteiger charge is -2.26. The van der Waals surface area contributed by atoms with E-state index < -0.39 is 0 Å². The molecule has 3 rings (SSSR count). The van der Waals surface area contributed by atoms with Crippen molar-refractivity contribution >= 4 is 17.9 Å². The van der Waals surface area contributed by atoms with Gasteiger partial charge in [0.2, 0.25) is 0 Å². The van der Waals surface area contributed by atoms with Gasteiger partial charge < -0.3 is 9.64 Å². The summed E-state index contributed by atoms with van der Waals surface area (Å²) in [7, 11) is 0. The molecule has 0 spiro atoms. The number of ether oxygens (including phenoxy) is 1. The number of hydrogen-bond acceptors (Lipinski definition) is 5. The Kier molecular flexibility index (Phi) is 2.35. The van der Waals surface area contributed by atoms with Crippen LogP contribution in [0.4, 0.5) is 5.82 Å². The van der Waals surface area contributed by atoms with Crippen LogP contribution in [-0.4, -0.2) is 41.3 Å². The van der Waals surface area contributed by atoms with Crippen molar-refractivity contribution in [2.45, 2.75) is 19.4 Å². The molecule has 0 saturated carbocycles. The molecule has 0 atom stereocenters. The minimum Gasteiger partial charge on any atom is -0.463 e. The highest BCUT2D eigenvalue weighted by molar-refractivity contribution is 5.87. The molecule has 2 aliphatic rings. The van der Waals surface area contributed by atoms with Crippen LogP contribution in [-0.2, 0) is 11.3 Å². The van der Waals surface area contributed by atoms with Crippen LogP contribution in [0.1, 0.15) is 23.3 Å². The Morgan fingerprint density at radius 3 is 3.00 bits per heavy atom. The molecule has 3 heterocycles. The molecule has 0 N–H and O–H groups in total. The molecule has 0 bridgehead atoms. The van der Waals surface area contributed by atoms with Crippen LogP contribution in [0.25, 0.3) is 0 Å². The SMILES string of the molecule is O=Cc1c(N2CCCC(=O)C2)nc2n1CCO2. The molecule has 1 fully saturated rings. The van der Waals surface area contributed by atoms with E-state index in [1.165, 1.54) is 0 Å². The Balaban J connectivity index is 1.97. The maximum Gasteiger partial charge on any atom is 0.299 e. The molecule has 90 valence electrons. The third-order valence-electron chi connectivity index (χ3n) is 3.16. The quantitative estimate of drug-likeness (QED) is 0.688. The van der Waals surface area contributed by atoms with E-state index >= 15 is 0 Å². The van der Waals surface area contributed by atoms with Gasteiger partial charge in [-0.15, -0.1) is 0 Å². The lowest BCUT2D eigenvalue weighted by molar-refractivity contribution is -0.118. The zero-order valence-corrected chi connectivity index (χ0v) is 9.39. The van der Waals surface area contributed by atoms with E-state index in [0.717, 1.165) is 19.3 Å². The van der Waals surface area contributed by atoms with E-state index in [4.69, 9.17) is 4.74 Å². The van der Waals surface area contributed by atoms with Gasteiger partial charge in [0.1, 0.15) is 12.3 Å². The van der Waals surface area contributed by atoms with Crippen LogP contribution in [0.15, 0.2) is 0 Å². The maximum atomic E-state index is 11.4. The zero-order chi connectivity index (χ0) is 11.8. The maximum absolute atomic E-state index is 11.4. The van der Waals surface area contributed by atoms with Crippen LogP contribution in [0.3, 0.4) is 0 Å². The largest absolute Gasteiger partial charge is 0.463 e. The summed E-state index contributed by atoms with van der Waals surface area (Å²) in [4.78, 5) is 28.7. The topological polar surface area (TPSA) is 64.4 Å². The van der Waals surface area contributed by atoms with Gasteiger partial charge in [0, 0.05) is 13.0 Å². The Labute approximate surface area is 98.2 Å². The highest BCUT2D eigenvalue weighted by atomic mass is 16.5. The van der Waals surface area contributed by atoms with E-state index in [1.54, 1.807) is 4.57 Å². The molecule has 0 aromatic carbocycles. The van der Waals surface area contributed by atoms with Crippen LogP contribution >= 0.6 is 0 Å². The number of anilines is 1. The van der Waals surface area contributed by atoms with E-state index in [-0.39, 0.29) is 5.78 Å². The van der Waals surface area contributed by atoms with Gasteiger partial charge in [-0.1, -0.05) is 0 Å². The molecule has 1 aromatic rings. The van der Waals surface area contributed by atoms with Gasteiger partial charge in [0.05, 0.1) is 13.1 Å². The van der Waals surface area contributed by atoms with Crippen molar-refractivity contribution in [3.8, 4) is 6.01 Å². The first kappa shape index (κ1) is 10.3. The zero-order valence-electron chi connectivity index (χ0n) is 9.39. The number of aldehydes is 1. The van der Waals surface area contributed by atoms with Gasteiger partial charge in [-0.25, -0.2) is 0 Å². The second-order valence-corrected chi connectivity index (χ2v) is 4.28. The minimum absolute atomic E-state index is 0.196. The van der Waals surface area contributed by atoms with Crippen molar-refractivity contribution in [3.05, 3.63) is 5.69 Å². The smallest absolute Gasteiger partial charge is 0.299 e. The van der Waals surface area contributed by atoms with Gasteiger partial charge >= 0.3 is 0 Å². The molecular formula is C11H13N3O3. The summed E-state index contributed by atoms with van der Waals surface area (Å²) >= 11 is 0. The average Bonchev–Trinajstić information content (AvgIpc) is 2.88. The monoisotopic (exact) mass is 235 g/mol. The predicted octanol–water partition coefficient (Wildman–Crippen LogP) is 0.257. The fourth-order valence-electron chi connectivity index (χ4n) is 2.35. The summed E-state index contributed by atoms with van der Waals surface area (Å²) in [5.74, 6) is 0.782. The number of aromatic nitrogens is 2. The number of hydrogen-bond donors (Lipinski definition) is 0. The molecule has 0 radical (unpaired) electrons. The number of ketones is 1. The van der Waals surface area contributed by atoms with E-state index in [2.05, 4.69) is 4.98 Å². The van der Waals surface area contributed by atoms with E-state index in [9.17, 15) is 9.59 Å². The number of fused-ring (bicyclic) bond motifs is 1. The van der Waals surface area contributed by atoms with E-state index in [1.807, 2.05) is 4.90 Å². The molecule has 6 heteroatoms. The molecular weight excluding hydrogens is 222 g/mol. The molecule has 17 heavy (non-hydrogen) atoms. The number of Topliss-reactive ketones (excluding diaryl/α,β-unsaturated/α-hetero) is 1. The van der Waals surface area contributed by atoms with Gasteiger partial charge in [0.15, 0.2) is 17.9 Å². The number of nitrogens with zero attached hydrogens (tertiary/aromatic N) is 3. The second-order valence-electron chi connectivity index (χ2n) is 4.28. The number of imidazole rings is 1. The molecule has 1 aromatic heterocycles. The molecule has 1 saturated heterocycles. The van der Waals surface area contributed by atoms with Gasteiger partial charge in [0.25, 0.3) is 6.01 Å². The summed E-state index contributed by atoms with van der Waals surface area (Å²) in [5.41, 5.74) is 0.521. The van der Waals surface area contributed by atoms with Crippen LogP contribution in [0.2, 0.25) is 0 Å². The van der Waals surface area contributed by atoms with Crippen molar-refractivity contribution in [1.82, 2.24) is 9.55 Å². The normalized spacial score (nSPS) is 19.1. The lowest BCUT2D eigenvalue weighted by Crippen LogP contribution is -2.36. The summed E-state index contributed by atoms with van der Waals surface area (Å²) in [5, 5.41) is 0. The standard InChI is InChI=1S/C11H13N3O3/c15-7-9-10(12-11-14(9)4-5-17-11)13-3-1-2-8(16)6-13/h7H,1-6H2. The number of carbonyl (C=O) groups is 2. The average molecular weight is 235 g/mol. The van der Waals surface area contributed by atoms with Gasteiger partial charge in [-0.2, -0.15) is 4.98 Å². The fourth-order valence-corrected chi connectivity index (χ4v) is 2.35. The number of carbonyl (C=O) groups excluding carboxylic acids is 2. The Morgan fingerprint density at radius 1 is 1.35 bits per heavy atom. The lowest BCUT2D eigenvalue weighted by atomic mass is 10.1. The van der Waals surface area contributed by atoms with Crippen molar-refractivity contribution in [3.63, 3.8) is 0 Å². The molecule has 6 nitrogen and oxygen atoms in total. The first-order valence-corrected chi connectivity index (χ1v) is 5.75. The van der Waals surface area contributed by atoms with Crippen molar-refractivity contribution in [2.75, 3.05) is 24.6 Å². The molecule has 0 unspecified atom stereocenters. The van der Waals surface area contributed by atoms with Crippen LogP contribution in [0, 0.1) is 0 Å². The highest BCUT2D eigenvalue weighted by Crippen LogP contribution is 2.28. The third kappa shape index (κ3) is 1.60. The van der Waals surface area contributed by atoms with E-state index in [0.29, 0.717) is 43.6 Å². The Hall–Kier alpha value is -1.85. The van der Waals surface area contributed by atoms with Crippen LogP contribution < -0.4 is 9.64 Å². The number of piperidine rings is 1. The van der Waals surface area contributed by atoms with Crippen LogP contribution in [0.5, 0.6) is 6.01 Å². The Bertz CT molecular complexity index is 481. The molecule has 0 aliphatic carbocycles. The number of rotatable bonds is 2. The van der Waals surface area contributed by atoms with Crippen molar-refractivity contribution in [1.29, 1.82) is 0 Å². The third-order valence-corrected chi connectivity index (χ3v) is 3.16. The second kappa shape index (κ2) is 3.87. The van der Waals surface area contributed by atoms with Gasteiger partial charge in [-0.05, 0) is 6.42 Å². The first-order chi connectivity index (χ1) is 8.29. The minimum atomic E-state index is 0.196. The summed E-state index contributed by atoms with van der Waals surface area (Å²) < 4.78 is 7.09.